The maximum atomic E-state index is 12.1. The van der Waals surface area contributed by atoms with Gasteiger partial charge in [-0.1, -0.05) is 29.8 Å². The summed E-state index contributed by atoms with van der Waals surface area (Å²) in [5.41, 5.74) is 4.26. The molecule has 0 aliphatic carbocycles. The molecule has 100 valence electrons. The molecule has 0 aliphatic rings. The molecule has 1 amide bonds. The van der Waals surface area contributed by atoms with Crippen molar-refractivity contribution in [1.29, 1.82) is 0 Å². The number of hydrogen-bond donors (Lipinski definition) is 1. The van der Waals surface area contributed by atoms with E-state index in [0.717, 1.165) is 17.7 Å². The fraction of sp³-hybridized carbons (Fsp3) is 0.312. The lowest BCUT2D eigenvalue weighted by Gasteiger charge is -2.08. The van der Waals surface area contributed by atoms with Crippen molar-refractivity contribution in [2.75, 3.05) is 6.54 Å². The number of benzene rings is 1. The largest absolute Gasteiger partial charge is 0.350 e. The van der Waals surface area contributed by atoms with Crippen LogP contribution in [-0.4, -0.2) is 17.0 Å². The highest BCUT2D eigenvalue weighted by molar-refractivity contribution is 5.94. The molecule has 1 aromatic carbocycles. The van der Waals surface area contributed by atoms with Gasteiger partial charge in [-0.05, 0) is 37.5 Å². The molecule has 0 radical (unpaired) electrons. The highest BCUT2D eigenvalue weighted by atomic mass is 16.1. The molecule has 0 unspecified atom stereocenters. The van der Waals surface area contributed by atoms with Crippen LogP contribution in [0.4, 0.5) is 0 Å². The lowest BCUT2D eigenvalue weighted by atomic mass is 10.1. The molecule has 1 N–H and O–H groups in total. The summed E-state index contributed by atoms with van der Waals surface area (Å²) >= 11 is 0. The Bertz CT molecular complexity index is 565. The van der Waals surface area contributed by atoms with Gasteiger partial charge < -0.3 is 9.88 Å². The van der Waals surface area contributed by atoms with Crippen LogP contribution in [-0.2, 0) is 13.5 Å². The van der Waals surface area contributed by atoms with Gasteiger partial charge in [0.15, 0.2) is 0 Å². The van der Waals surface area contributed by atoms with Crippen molar-refractivity contribution in [2.24, 2.45) is 7.05 Å². The molecule has 2 aromatic rings. The van der Waals surface area contributed by atoms with Crippen LogP contribution in [0.15, 0.2) is 36.5 Å². The molecule has 0 bridgehead atoms. The van der Waals surface area contributed by atoms with Gasteiger partial charge in [0, 0.05) is 19.8 Å². The molecule has 0 aliphatic heterocycles. The number of aryl methyl sites for hydroxylation is 3. The second kappa shape index (κ2) is 5.74. The fourth-order valence-electron chi connectivity index (χ4n) is 2.27. The van der Waals surface area contributed by atoms with E-state index in [4.69, 9.17) is 0 Å². The second-order valence-corrected chi connectivity index (χ2v) is 4.95. The summed E-state index contributed by atoms with van der Waals surface area (Å²) in [4.78, 5) is 12.1. The maximum absolute atomic E-state index is 12.1. The van der Waals surface area contributed by atoms with Crippen LogP contribution in [0.1, 0.15) is 27.2 Å². The zero-order valence-corrected chi connectivity index (χ0v) is 11.7. The molecule has 19 heavy (non-hydrogen) atoms. The molecule has 3 nitrogen and oxygen atoms in total. The molecule has 0 atom stereocenters. The third-order valence-corrected chi connectivity index (χ3v) is 3.27. The summed E-state index contributed by atoms with van der Waals surface area (Å²) in [5.74, 6) is -0.00217. The summed E-state index contributed by atoms with van der Waals surface area (Å²) in [5, 5.41) is 2.97. The van der Waals surface area contributed by atoms with Crippen LogP contribution in [0.25, 0.3) is 0 Å². The lowest BCUT2D eigenvalue weighted by molar-refractivity contribution is 0.0945. The van der Waals surface area contributed by atoms with Crippen LogP contribution < -0.4 is 5.32 Å². The molecule has 2 rings (SSSR count). The van der Waals surface area contributed by atoms with E-state index in [9.17, 15) is 4.79 Å². The SMILES string of the molecule is Cc1cccc(CCNC(=O)c2c(C)ccn2C)c1. The molecule has 0 fully saturated rings. The number of aromatic nitrogens is 1. The fourth-order valence-corrected chi connectivity index (χ4v) is 2.27. The van der Waals surface area contributed by atoms with E-state index in [2.05, 4.69) is 30.4 Å². The van der Waals surface area contributed by atoms with E-state index >= 15 is 0 Å². The molecule has 1 heterocycles. The number of amides is 1. The monoisotopic (exact) mass is 256 g/mol. The highest BCUT2D eigenvalue weighted by Crippen LogP contribution is 2.08. The Hall–Kier alpha value is -2.03. The van der Waals surface area contributed by atoms with E-state index in [1.807, 2.05) is 36.9 Å². The third-order valence-electron chi connectivity index (χ3n) is 3.27. The summed E-state index contributed by atoms with van der Waals surface area (Å²) in [6.45, 7) is 4.69. The Morgan fingerprint density at radius 2 is 2.05 bits per heavy atom. The minimum atomic E-state index is -0.00217. The summed E-state index contributed by atoms with van der Waals surface area (Å²) in [6.07, 6.45) is 2.77. The topological polar surface area (TPSA) is 34.0 Å². The van der Waals surface area contributed by atoms with E-state index in [1.54, 1.807) is 0 Å². The molecule has 0 spiro atoms. The maximum Gasteiger partial charge on any atom is 0.268 e. The van der Waals surface area contributed by atoms with Crippen molar-refractivity contribution >= 4 is 5.91 Å². The number of rotatable bonds is 4. The molecular formula is C16H20N2O. The summed E-state index contributed by atoms with van der Waals surface area (Å²) in [7, 11) is 1.89. The number of hydrogen-bond acceptors (Lipinski definition) is 1. The van der Waals surface area contributed by atoms with Crippen molar-refractivity contribution < 1.29 is 4.79 Å². The van der Waals surface area contributed by atoms with Gasteiger partial charge in [-0.15, -0.1) is 0 Å². The Balaban J connectivity index is 1.91. The Morgan fingerprint density at radius 1 is 1.26 bits per heavy atom. The number of carbonyl (C=O) groups excluding carboxylic acids is 1. The van der Waals surface area contributed by atoms with Crippen molar-refractivity contribution in [3.05, 3.63) is 58.9 Å². The molecule has 0 saturated carbocycles. The van der Waals surface area contributed by atoms with Crippen LogP contribution in [0.3, 0.4) is 0 Å². The molecule has 3 heteroatoms. The number of nitrogens with one attached hydrogen (secondary N) is 1. The van der Waals surface area contributed by atoms with Gasteiger partial charge in [-0.2, -0.15) is 0 Å². The van der Waals surface area contributed by atoms with Crippen LogP contribution in [0, 0.1) is 13.8 Å². The quantitative estimate of drug-likeness (QED) is 0.896. The van der Waals surface area contributed by atoms with Crippen molar-refractivity contribution in [3.63, 3.8) is 0 Å². The number of nitrogens with zero attached hydrogens (tertiary/aromatic N) is 1. The number of carbonyl (C=O) groups is 1. The van der Waals surface area contributed by atoms with Gasteiger partial charge in [-0.25, -0.2) is 0 Å². The van der Waals surface area contributed by atoms with Crippen molar-refractivity contribution in [2.45, 2.75) is 20.3 Å². The van der Waals surface area contributed by atoms with Gasteiger partial charge in [-0.3, -0.25) is 4.79 Å². The van der Waals surface area contributed by atoms with Crippen LogP contribution >= 0.6 is 0 Å². The first-order chi connectivity index (χ1) is 9.08. The first-order valence-electron chi connectivity index (χ1n) is 6.53. The van der Waals surface area contributed by atoms with Crippen molar-refractivity contribution in [3.8, 4) is 0 Å². The Morgan fingerprint density at radius 3 is 2.68 bits per heavy atom. The predicted molar refractivity (Wildman–Crippen MR) is 77.4 cm³/mol. The average molecular weight is 256 g/mol. The minimum Gasteiger partial charge on any atom is -0.350 e. The van der Waals surface area contributed by atoms with Gasteiger partial charge >= 0.3 is 0 Å². The second-order valence-electron chi connectivity index (χ2n) is 4.95. The van der Waals surface area contributed by atoms with Crippen LogP contribution in [0.5, 0.6) is 0 Å². The predicted octanol–water partition coefficient (Wildman–Crippen LogP) is 2.61. The zero-order valence-electron chi connectivity index (χ0n) is 11.7. The normalized spacial score (nSPS) is 10.5. The Labute approximate surface area is 114 Å². The van der Waals surface area contributed by atoms with E-state index in [1.165, 1.54) is 11.1 Å². The Kier molecular flexibility index (Phi) is 4.05. The molecule has 0 saturated heterocycles. The first kappa shape index (κ1) is 13.4. The van der Waals surface area contributed by atoms with Crippen LogP contribution in [0.2, 0.25) is 0 Å². The smallest absolute Gasteiger partial charge is 0.268 e. The highest BCUT2D eigenvalue weighted by Gasteiger charge is 2.11. The van der Waals surface area contributed by atoms with Gasteiger partial charge in [0.05, 0.1) is 0 Å². The summed E-state index contributed by atoms with van der Waals surface area (Å²) < 4.78 is 1.86. The summed E-state index contributed by atoms with van der Waals surface area (Å²) in [6, 6.07) is 10.3. The van der Waals surface area contributed by atoms with Gasteiger partial charge in [0.25, 0.3) is 5.91 Å². The molecular weight excluding hydrogens is 236 g/mol. The first-order valence-corrected chi connectivity index (χ1v) is 6.53. The van der Waals surface area contributed by atoms with E-state index in [-0.39, 0.29) is 5.91 Å². The lowest BCUT2D eigenvalue weighted by Crippen LogP contribution is -2.28. The van der Waals surface area contributed by atoms with E-state index in [0.29, 0.717) is 6.54 Å². The average Bonchev–Trinajstić information content (AvgIpc) is 2.69. The van der Waals surface area contributed by atoms with Crippen molar-refractivity contribution in [1.82, 2.24) is 9.88 Å². The minimum absolute atomic E-state index is 0.00217. The van der Waals surface area contributed by atoms with E-state index < -0.39 is 0 Å². The zero-order chi connectivity index (χ0) is 13.8. The molecule has 1 aromatic heterocycles. The standard InChI is InChI=1S/C16H20N2O/c1-12-5-4-6-14(11-12)7-9-17-16(19)15-13(2)8-10-18(15)3/h4-6,8,10-11H,7,9H2,1-3H3,(H,17,19). The van der Waals surface area contributed by atoms with Gasteiger partial charge in [0.2, 0.25) is 0 Å². The third kappa shape index (κ3) is 3.25. The van der Waals surface area contributed by atoms with Gasteiger partial charge in [0.1, 0.15) is 5.69 Å².